The molecule has 1 rings (SSSR count). The van der Waals surface area contributed by atoms with Crippen molar-refractivity contribution >= 4 is 17.9 Å². The summed E-state index contributed by atoms with van der Waals surface area (Å²) in [6, 6.07) is 1.16. The first-order valence-electron chi connectivity index (χ1n) is 4.68. The molecule has 0 N–H and O–H groups in total. The zero-order valence-corrected chi connectivity index (χ0v) is 9.81. The van der Waals surface area contributed by atoms with E-state index in [1.807, 2.05) is 0 Å². The van der Waals surface area contributed by atoms with E-state index in [4.69, 9.17) is 21.1 Å². The number of carbonyl (C=O) groups is 1. The van der Waals surface area contributed by atoms with Crippen LogP contribution in [0, 0.1) is 5.82 Å². The van der Waals surface area contributed by atoms with Crippen molar-refractivity contribution in [3.05, 3.63) is 22.5 Å². The molecule has 0 spiro atoms. The molecular weight excluding hydrogens is 235 g/mol. The lowest BCUT2D eigenvalue weighted by atomic mass is 10.1. The molecule has 0 aliphatic heterocycles. The summed E-state index contributed by atoms with van der Waals surface area (Å²) in [5.41, 5.74) is 0.452. The van der Waals surface area contributed by atoms with E-state index in [2.05, 4.69) is 0 Å². The molecule has 5 heteroatoms. The number of hydrogen-bond acceptors (Lipinski definition) is 3. The maximum atomic E-state index is 13.4. The van der Waals surface area contributed by atoms with Gasteiger partial charge in [-0.05, 0) is 6.42 Å². The quantitative estimate of drug-likeness (QED) is 0.750. The molecule has 0 aliphatic carbocycles. The highest BCUT2D eigenvalue weighted by atomic mass is 35.5. The van der Waals surface area contributed by atoms with Crippen LogP contribution in [0.3, 0.4) is 0 Å². The number of benzene rings is 1. The van der Waals surface area contributed by atoms with Gasteiger partial charge in [-0.2, -0.15) is 0 Å². The van der Waals surface area contributed by atoms with Gasteiger partial charge in [-0.25, -0.2) is 4.39 Å². The first-order chi connectivity index (χ1) is 7.65. The average molecular weight is 247 g/mol. The smallest absolute Gasteiger partial charge is 0.165 e. The normalized spacial score (nSPS) is 10.0. The number of ether oxygens (including phenoxy) is 2. The largest absolute Gasteiger partial charge is 0.493 e. The lowest BCUT2D eigenvalue weighted by molar-refractivity contribution is -0.107. The van der Waals surface area contributed by atoms with Crippen LogP contribution in [0.15, 0.2) is 6.07 Å². The van der Waals surface area contributed by atoms with Crippen molar-refractivity contribution in [3.63, 3.8) is 0 Å². The Labute approximate surface area is 98.1 Å². The number of methoxy groups -OCH3 is 2. The van der Waals surface area contributed by atoms with Gasteiger partial charge in [-0.1, -0.05) is 11.6 Å². The van der Waals surface area contributed by atoms with E-state index in [0.717, 1.165) is 12.4 Å². The highest BCUT2D eigenvalue weighted by Gasteiger charge is 2.18. The number of carbonyl (C=O) groups excluding carboxylic acids is 1. The summed E-state index contributed by atoms with van der Waals surface area (Å²) >= 11 is 5.82. The number of aldehydes is 1. The molecule has 0 atom stereocenters. The minimum Gasteiger partial charge on any atom is -0.493 e. The zero-order valence-electron chi connectivity index (χ0n) is 9.05. The second-order valence-corrected chi connectivity index (χ2v) is 3.47. The van der Waals surface area contributed by atoms with E-state index in [1.54, 1.807) is 0 Å². The Morgan fingerprint density at radius 1 is 1.44 bits per heavy atom. The van der Waals surface area contributed by atoms with Crippen LogP contribution in [0.5, 0.6) is 11.5 Å². The maximum Gasteiger partial charge on any atom is 0.165 e. The second kappa shape index (κ2) is 5.70. The van der Waals surface area contributed by atoms with Gasteiger partial charge in [-0.3, -0.25) is 0 Å². The second-order valence-electron chi connectivity index (χ2n) is 3.09. The molecule has 0 unspecified atom stereocenters. The summed E-state index contributed by atoms with van der Waals surface area (Å²) in [6.45, 7) is 0. The number of hydrogen-bond donors (Lipinski definition) is 0. The van der Waals surface area contributed by atoms with E-state index in [1.165, 1.54) is 14.2 Å². The minimum atomic E-state index is -0.583. The average Bonchev–Trinajstić information content (AvgIpc) is 2.30. The van der Waals surface area contributed by atoms with Crippen LogP contribution >= 0.6 is 11.6 Å². The molecule has 3 nitrogen and oxygen atoms in total. The van der Waals surface area contributed by atoms with Crippen LogP contribution < -0.4 is 9.47 Å². The van der Waals surface area contributed by atoms with Crippen molar-refractivity contribution < 1.29 is 18.7 Å². The fourth-order valence-electron chi connectivity index (χ4n) is 1.44. The van der Waals surface area contributed by atoms with Crippen molar-refractivity contribution in [2.75, 3.05) is 14.2 Å². The Balaban J connectivity index is 3.28. The van der Waals surface area contributed by atoms with Gasteiger partial charge >= 0.3 is 0 Å². The number of halogens is 2. The standard InChI is InChI=1S/C11H12ClFO3/c1-15-9-6-8(13)10(12)7(4-3-5-14)11(9)16-2/h5-6H,3-4H2,1-2H3. The molecule has 0 bridgehead atoms. The number of rotatable bonds is 5. The van der Waals surface area contributed by atoms with Crippen LogP contribution in [0.25, 0.3) is 0 Å². The van der Waals surface area contributed by atoms with E-state index in [-0.39, 0.29) is 17.2 Å². The van der Waals surface area contributed by atoms with Crippen molar-refractivity contribution in [1.82, 2.24) is 0 Å². The summed E-state index contributed by atoms with van der Waals surface area (Å²) in [5, 5.41) is -0.0282. The van der Waals surface area contributed by atoms with Crippen molar-refractivity contribution in [1.29, 1.82) is 0 Å². The molecule has 0 amide bonds. The molecule has 0 fully saturated rings. The Kier molecular flexibility index (Phi) is 4.55. The van der Waals surface area contributed by atoms with E-state index in [0.29, 0.717) is 17.7 Å². The van der Waals surface area contributed by atoms with Gasteiger partial charge in [0.05, 0.1) is 19.2 Å². The Morgan fingerprint density at radius 2 is 2.12 bits per heavy atom. The summed E-state index contributed by atoms with van der Waals surface area (Å²) < 4.78 is 23.5. The summed E-state index contributed by atoms with van der Waals surface area (Å²) in [4.78, 5) is 10.3. The van der Waals surface area contributed by atoms with Gasteiger partial charge in [0.25, 0.3) is 0 Å². The maximum absolute atomic E-state index is 13.4. The summed E-state index contributed by atoms with van der Waals surface area (Å²) in [5.74, 6) is 0.0567. The Morgan fingerprint density at radius 3 is 2.62 bits per heavy atom. The molecule has 0 saturated heterocycles. The molecule has 0 radical (unpaired) electrons. The van der Waals surface area contributed by atoms with Crippen LogP contribution in [0.1, 0.15) is 12.0 Å². The van der Waals surface area contributed by atoms with Gasteiger partial charge in [-0.15, -0.1) is 0 Å². The monoisotopic (exact) mass is 246 g/mol. The fourth-order valence-corrected chi connectivity index (χ4v) is 1.67. The van der Waals surface area contributed by atoms with Gasteiger partial charge in [0.1, 0.15) is 12.1 Å². The van der Waals surface area contributed by atoms with Crippen molar-refractivity contribution in [3.8, 4) is 11.5 Å². The molecule has 88 valence electrons. The summed E-state index contributed by atoms with van der Waals surface area (Å²) in [7, 11) is 2.85. The third-order valence-corrected chi connectivity index (χ3v) is 2.58. The third kappa shape index (κ3) is 2.44. The molecule has 0 heterocycles. The van der Waals surface area contributed by atoms with E-state index in [9.17, 15) is 9.18 Å². The molecule has 1 aromatic carbocycles. The molecule has 16 heavy (non-hydrogen) atoms. The molecule has 0 aliphatic rings. The predicted octanol–water partition coefficient (Wildman–Crippen LogP) is 2.63. The lowest BCUT2D eigenvalue weighted by Gasteiger charge is -2.14. The van der Waals surface area contributed by atoms with E-state index >= 15 is 0 Å². The SMILES string of the molecule is COc1cc(F)c(Cl)c(CCC=O)c1OC. The first kappa shape index (κ1) is 12.8. The lowest BCUT2D eigenvalue weighted by Crippen LogP contribution is -2.00. The minimum absolute atomic E-state index is 0.0282. The predicted molar refractivity (Wildman–Crippen MR) is 58.9 cm³/mol. The molecule has 0 saturated carbocycles. The van der Waals surface area contributed by atoms with Gasteiger partial charge in [0, 0.05) is 18.1 Å². The van der Waals surface area contributed by atoms with Crippen LogP contribution in [0.2, 0.25) is 5.02 Å². The van der Waals surface area contributed by atoms with Gasteiger partial charge in [0.15, 0.2) is 11.5 Å². The van der Waals surface area contributed by atoms with Crippen LogP contribution in [-0.2, 0) is 11.2 Å². The van der Waals surface area contributed by atoms with Crippen LogP contribution in [0.4, 0.5) is 4.39 Å². The van der Waals surface area contributed by atoms with Crippen molar-refractivity contribution in [2.24, 2.45) is 0 Å². The van der Waals surface area contributed by atoms with Gasteiger partial charge in [0.2, 0.25) is 0 Å². The Hall–Kier alpha value is -1.29. The van der Waals surface area contributed by atoms with Crippen molar-refractivity contribution in [2.45, 2.75) is 12.8 Å². The van der Waals surface area contributed by atoms with Crippen LogP contribution in [-0.4, -0.2) is 20.5 Å². The van der Waals surface area contributed by atoms with E-state index < -0.39 is 5.82 Å². The third-order valence-electron chi connectivity index (χ3n) is 2.17. The molecular formula is C11H12ClFO3. The van der Waals surface area contributed by atoms with Gasteiger partial charge < -0.3 is 14.3 Å². The fraction of sp³-hybridized carbons (Fsp3) is 0.364. The highest BCUT2D eigenvalue weighted by molar-refractivity contribution is 6.31. The molecule has 1 aromatic rings. The molecule has 0 aromatic heterocycles. The highest BCUT2D eigenvalue weighted by Crippen LogP contribution is 2.38. The Bertz CT molecular complexity index is 393. The topological polar surface area (TPSA) is 35.5 Å². The summed E-state index contributed by atoms with van der Waals surface area (Å²) in [6.07, 6.45) is 1.31. The zero-order chi connectivity index (χ0) is 12.1. The first-order valence-corrected chi connectivity index (χ1v) is 5.06.